The Hall–Kier alpha value is -1.69. The van der Waals surface area contributed by atoms with Crippen molar-refractivity contribution in [2.75, 3.05) is 0 Å². The van der Waals surface area contributed by atoms with Crippen LogP contribution in [-0.2, 0) is 12.6 Å². The molecule has 0 amide bonds. The van der Waals surface area contributed by atoms with Gasteiger partial charge in [0.2, 0.25) is 0 Å². The Bertz CT molecular complexity index is 551. The highest BCUT2D eigenvalue weighted by Crippen LogP contribution is 2.32. The van der Waals surface area contributed by atoms with Gasteiger partial charge in [-0.25, -0.2) is 0 Å². The number of hydrogen-bond acceptors (Lipinski definition) is 5. The average molecular weight is 261 g/mol. The van der Waals surface area contributed by atoms with Crippen LogP contribution in [0.25, 0.3) is 11.5 Å². The zero-order valence-electron chi connectivity index (χ0n) is 11.2. The summed E-state index contributed by atoms with van der Waals surface area (Å²) < 4.78 is 7.04. The van der Waals surface area contributed by atoms with Crippen molar-refractivity contribution in [3.8, 4) is 11.5 Å². The highest BCUT2D eigenvalue weighted by atomic mass is 16.5. The summed E-state index contributed by atoms with van der Waals surface area (Å²) in [6.07, 6.45) is 10.2. The van der Waals surface area contributed by atoms with Gasteiger partial charge in [0, 0.05) is 13.2 Å². The highest BCUT2D eigenvalue weighted by Gasteiger charge is 2.33. The molecule has 0 saturated heterocycles. The predicted octanol–water partition coefficient (Wildman–Crippen LogP) is 1.98. The molecule has 3 rings (SSSR count). The van der Waals surface area contributed by atoms with Gasteiger partial charge < -0.3 is 10.3 Å². The van der Waals surface area contributed by atoms with Crippen LogP contribution < -0.4 is 5.73 Å². The third-order valence-corrected chi connectivity index (χ3v) is 3.82. The number of aryl methyl sites for hydroxylation is 1. The minimum absolute atomic E-state index is 0.430. The Labute approximate surface area is 112 Å². The third kappa shape index (κ3) is 2.40. The number of nitrogens with two attached hydrogens (primary N) is 1. The Kier molecular flexibility index (Phi) is 3.10. The molecule has 0 spiro atoms. The Morgan fingerprint density at radius 1 is 1.26 bits per heavy atom. The van der Waals surface area contributed by atoms with Crippen LogP contribution in [0.4, 0.5) is 0 Å². The van der Waals surface area contributed by atoms with Crippen LogP contribution in [0.5, 0.6) is 0 Å². The molecular weight excluding hydrogens is 242 g/mol. The maximum Gasteiger partial charge on any atom is 0.261 e. The minimum atomic E-state index is -0.430. The average Bonchev–Trinajstić information content (AvgIpc) is 2.97. The number of nitrogens with zero attached hydrogens (tertiary/aromatic N) is 4. The molecule has 2 N–H and O–H groups in total. The summed E-state index contributed by atoms with van der Waals surface area (Å²) in [5.41, 5.74) is 6.87. The van der Waals surface area contributed by atoms with Crippen molar-refractivity contribution in [3.05, 3.63) is 18.2 Å². The van der Waals surface area contributed by atoms with E-state index in [1.165, 1.54) is 12.8 Å². The molecular formula is C13H19N5O. The van der Waals surface area contributed by atoms with E-state index >= 15 is 0 Å². The highest BCUT2D eigenvalue weighted by molar-refractivity contribution is 5.49. The standard InChI is InChI=1S/C13H19N5O/c1-18-9-10(8-15-18)11-16-12(17-19-11)13(14)6-4-2-3-5-7-13/h8-9H,2-7,14H2,1H3. The first kappa shape index (κ1) is 12.3. The van der Waals surface area contributed by atoms with E-state index in [0.29, 0.717) is 11.7 Å². The van der Waals surface area contributed by atoms with E-state index < -0.39 is 5.54 Å². The summed E-state index contributed by atoms with van der Waals surface area (Å²) in [7, 11) is 1.86. The van der Waals surface area contributed by atoms with Gasteiger partial charge in [0.1, 0.15) is 0 Å². The van der Waals surface area contributed by atoms with Crippen LogP contribution in [0.1, 0.15) is 44.3 Å². The fraction of sp³-hybridized carbons (Fsp3) is 0.615. The molecule has 1 saturated carbocycles. The summed E-state index contributed by atoms with van der Waals surface area (Å²) in [5.74, 6) is 1.13. The van der Waals surface area contributed by atoms with Crippen LogP contribution in [0.15, 0.2) is 16.9 Å². The maximum atomic E-state index is 6.47. The van der Waals surface area contributed by atoms with Crippen molar-refractivity contribution in [1.82, 2.24) is 19.9 Å². The lowest BCUT2D eigenvalue weighted by Crippen LogP contribution is -2.37. The van der Waals surface area contributed by atoms with Crippen molar-refractivity contribution >= 4 is 0 Å². The van der Waals surface area contributed by atoms with Crippen LogP contribution in [0, 0.1) is 0 Å². The van der Waals surface area contributed by atoms with Crippen molar-refractivity contribution in [2.45, 2.75) is 44.1 Å². The molecule has 0 unspecified atom stereocenters. The van der Waals surface area contributed by atoms with E-state index in [1.54, 1.807) is 10.9 Å². The molecule has 2 aromatic heterocycles. The fourth-order valence-electron chi connectivity index (χ4n) is 2.66. The Morgan fingerprint density at radius 2 is 2.00 bits per heavy atom. The molecule has 2 aromatic rings. The molecule has 19 heavy (non-hydrogen) atoms. The van der Waals surface area contributed by atoms with Crippen LogP contribution >= 0.6 is 0 Å². The lowest BCUT2D eigenvalue weighted by atomic mass is 9.91. The topological polar surface area (TPSA) is 82.8 Å². The molecule has 1 fully saturated rings. The van der Waals surface area contributed by atoms with E-state index in [9.17, 15) is 0 Å². The van der Waals surface area contributed by atoms with Gasteiger partial charge in [0.05, 0.1) is 17.3 Å². The quantitative estimate of drug-likeness (QED) is 0.836. The second-order valence-electron chi connectivity index (χ2n) is 5.40. The largest absolute Gasteiger partial charge is 0.334 e. The number of aromatic nitrogens is 4. The minimum Gasteiger partial charge on any atom is -0.334 e. The van der Waals surface area contributed by atoms with Gasteiger partial charge in [-0.05, 0) is 12.8 Å². The third-order valence-electron chi connectivity index (χ3n) is 3.82. The molecule has 1 aliphatic rings. The first-order valence-corrected chi connectivity index (χ1v) is 6.79. The maximum absolute atomic E-state index is 6.47. The van der Waals surface area contributed by atoms with Crippen LogP contribution in [0.3, 0.4) is 0 Å². The van der Waals surface area contributed by atoms with Crippen molar-refractivity contribution in [2.24, 2.45) is 12.8 Å². The van der Waals surface area contributed by atoms with Gasteiger partial charge >= 0.3 is 0 Å². The SMILES string of the molecule is Cn1cc(-c2nc(C3(N)CCCCCC3)no2)cn1. The normalized spacial score (nSPS) is 19.3. The molecule has 0 aromatic carbocycles. The molecule has 2 heterocycles. The van der Waals surface area contributed by atoms with Gasteiger partial charge in [0.15, 0.2) is 5.82 Å². The van der Waals surface area contributed by atoms with E-state index in [4.69, 9.17) is 10.3 Å². The second kappa shape index (κ2) is 4.77. The zero-order valence-corrected chi connectivity index (χ0v) is 11.2. The summed E-state index contributed by atoms with van der Waals surface area (Å²) in [6, 6.07) is 0. The molecule has 0 bridgehead atoms. The second-order valence-corrected chi connectivity index (χ2v) is 5.40. The number of hydrogen-bond donors (Lipinski definition) is 1. The first-order chi connectivity index (χ1) is 9.17. The Morgan fingerprint density at radius 3 is 2.63 bits per heavy atom. The zero-order chi connectivity index (χ0) is 13.3. The van der Waals surface area contributed by atoms with E-state index in [0.717, 1.165) is 31.2 Å². The molecule has 0 atom stereocenters. The first-order valence-electron chi connectivity index (χ1n) is 6.79. The molecule has 6 nitrogen and oxygen atoms in total. The summed E-state index contributed by atoms with van der Waals surface area (Å²) in [4.78, 5) is 4.47. The lowest BCUT2D eigenvalue weighted by Gasteiger charge is -2.23. The fourth-order valence-corrected chi connectivity index (χ4v) is 2.66. The van der Waals surface area contributed by atoms with Gasteiger partial charge in [-0.2, -0.15) is 10.1 Å². The molecule has 0 radical (unpaired) electrons. The predicted molar refractivity (Wildman–Crippen MR) is 70.1 cm³/mol. The van der Waals surface area contributed by atoms with Gasteiger partial charge in [-0.1, -0.05) is 30.8 Å². The summed E-state index contributed by atoms with van der Waals surface area (Å²) >= 11 is 0. The van der Waals surface area contributed by atoms with Gasteiger partial charge in [-0.15, -0.1) is 0 Å². The van der Waals surface area contributed by atoms with E-state index in [1.807, 2.05) is 13.2 Å². The number of rotatable bonds is 2. The summed E-state index contributed by atoms with van der Waals surface area (Å²) in [6.45, 7) is 0. The van der Waals surface area contributed by atoms with E-state index in [2.05, 4.69) is 15.2 Å². The van der Waals surface area contributed by atoms with Gasteiger partial charge in [-0.3, -0.25) is 4.68 Å². The van der Waals surface area contributed by atoms with E-state index in [-0.39, 0.29) is 0 Å². The van der Waals surface area contributed by atoms with Crippen molar-refractivity contribution < 1.29 is 4.52 Å². The smallest absolute Gasteiger partial charge is 0.261 e. The molecule has 1 aliphatic carbocycles. The summed E-state index contributed by atoms with van der Waals surface area (Å²) in [5, 5.41) is 8.20. The van der Waals surface area contributed by atoms with Crippen molar-refractivity contribution in [3.63, 3.8) is 0 Å². The van der Waals surface area contributed by atoms with Crippen molar-refractivity contribution in [1.29, 1.82) is 0 Å². The molecule has 102 valence electrons. The lowest BCUT2D eigenvalue weighted by molar-refractivity contribution is 0.334. The Balaban J connectivity index is 1.87. The molecule has 6 heteroatoms. The monoisotopic (exact) mass is 261 g/mol. The molecule has 0 aliphatic heterocycles. The van der Waals surface area contributed by atoms with Gasteiger partial charge in [0.25, 0.3) is 5.89 Å². The van der Waals surface area contributed by atoms with Crippen LogP contribution in [0.2, 0.25) is 0 Å². The van der Waals surface area contributed by atoms with Crippen LogP contribution in [-0.4, -0.2) is 19.9 Å².